The van der Waals surface area contributed by atoms with Crippen LogP contribution >= 0.6 is 0 Å². The molecule has 0 aliphatic carbocycles. The van der Waals surface area contributed by atoms with Gasteiger partial charge in [0.25, 0.3) is 0 Å². The molecule has 104 valence electrons. The zero-order valence-corrected chi connectivity index (χ0v) is 12.0. The van der Waals surface area contributed by atoms with E-state index in [1.165, 1.54) is 24.1 Å². The standard InChI is InChI=1S/C16H24N2O/c1-16(8-11-18(2)12-9-16)19-14-7-3-5-13-6-4-10-17-15(13)14/h3,5,7,17H,4,6,8-12H2,1-2H3. The minimum atomic E-state index is -0.0131. The second kappa shape index (κ2) is 5.04. The number of ether oxygens (including phenoxy) is 1. The van der Waals surface area contributed by atoms with Gasteiger partial charge in [0.1, 0.15) is 11.4 Å². The van der Waals surface area contributed by atoms with Crippen molar-refractivity contribution < 1.29 is 4.74 Å². The summed E-state index contributed by atoms with van der Waals surface area (Å²) >= 11 is 0. The molecule has 0 unspecified atom stereocenters. The molecule has 0 radical (unpaired) electrons. The average Bonchev–Trinajstić information content (AvgIpc) is 2.43. The molecule has 2 heterocycles. The number of rotatable bonds is 2. The molecular formula is C16H24N2O. The molecule has 1 N–H and O–H groups in total. The van der Waals surface area contributed by atoms with Gasteiger partial charge in [-0.25, -0.2) is 0 Å². The van der Waals surface area contributed by atoms with Crippen molar-refractivity contribution in [2.75, 3.05) is 32.0 Å². The van der Waals surface area contributed by atoms with E-state index < -0.39 is 0 Å². The van der Waals surface area contributed by atoms with Crippen molar-refractivity contribution in [3.8, 4) is 5.75 Å². The van der Waals surface area contributed by atoms with Gasteiger partial charge < -0.3 is 15.0 Å². The van der Waals surface area contributed by atoms with Crippen LogP contribution in [0.1, 0.15) is 31.7 Å². The summed E-state index contributed by atoms with van der Waals surface area (Å²) in [5.41, 5.74) is 2.62. The molecule has 19 heavy (non-hydrogen) atoms. The zero-order valence-electron chi connectivity index (χ0n) is 12.0. The van der Waals surface area contributed by atoms with Gasteiger partial charge in [-0.15, -0.1) is 0 Å². The summed E-state index contributed by atoms with van der Waals surface area (Å²) in [6, 6.07) is 6.45. The lowest BCUT2D eigenvalue weighted by molar-refractivity contribution is 0.0245. The van der Waals surface area contributed by atoms with Gasteiger partial charge in [-0.3, -0.25) is 0 Å². The zero-order chi connectivity index (χ0) is 13.3. The number of aryl methyl sites for hydroxylation is 1. The Bertz CT molecular complexity index is 450. The number of benzene rings is 1. The van der Waals surface area contributed by atoms with Gasteiger partial charge in [0.15, 0.2) is 0 Å². The van der Waals surface area contributed by atoms with Crippen molar-refractivity contribution in [3.63, 3.8) is 0 Å². The van der Waals surface area contributed by atoms with Gasteiger partial charge >= 0.3 is 0 Å². The summed E-state index contributed by atoms with van der Waals surface area (Å²) in [5, 5.41) is 3.51. The molecule has 1 saturated heterocycles. The summed E-state index contributed by atoms with van der Waals surface area (Å²) in [6.07, 6.45) is 4.60. The maximum Gasteiger partial charge on any atom is 0.143 e. The van der Waals surface area contributed by atoms with Gasteiger partial charge in [-0.2, -0.15) is 0 Å². The molecule has 0 spiro atoms. The average molecular weight is 260 g/mol. The second-order valence-electron chi connectivity index (χ2n) is 6.18. The lowest BCUT2D eigenvalue weighted by Crippen LogP contribution is -2.44. The Morgan fingerprint density at radius 2 is 2.05 bits per heavy atom. The van der Waals surface area contributed by atoms with E-state index in [9.17, 15) is 0 Å². The number of fused-ring (bicyclic) bond motifs is 1. The number of nitrogens with zero attached hydrogens (tertiary/aromatic N) is 1. The molecule has 3 heteroatoms. The molecular weight excluding hydrogens is 236 g/mol. The van der Waals surface area contributed by atoms with Crippen molar-refractivity contribution in [1.82, 2.24) is 4.90 Å². The number of anilines is 1. The normalized spacial score (nSPS) is 22.4. The van der Waals surface area contributed by atoms with Crippen LogP contribution in [-0.2, 0) is 6.42 Å². The van der Waals surface area contributed by atoms with E-state index in [1.54, 1.807) is 0 Å². The fourth-order valence-corrected chi connectivity index (χ4v) is 3.02. The molecule has 0 atom stereocenters. The van der Waals surface area contributed by atoms with Crippen LogP contribution < -0.4 is 10.1 Å². The molecule has 3 nitrogen and oxygen atoms in total. The van der Waals surface area contributed by atoms with E-state index in [2.05, 4.69) is 42.4 Å². The highest BCUT2D eigenvalue weighted by atomic mass is 16.5. The third kappa shape index (κ3) is 2.71. The van der Waals surface area contributed by atoms with Gasteiger partial charge in [0.2, 0.25) is 0 Å². The Kier molecular flexibility index (Phi) is 3.40. The van der Waals surface area contributed by atoms with Crippen LogP contribution in [0.25, 0.3) is 0 Å². The molecule has 0 amide bonds. The first-order valence-electron chi connectivity index (χ1n) is 7.40. The minimum Gasteiger partial charge on any atom is -0.485 e. The lowest BCUT2D eigenvalue weighted by Gasteiger charge is -2.39. The Hall–Kier alpha value is -1.22. The second-order valence-corrected chi connectivity index (χ2v) is 6.18. The number of para-hydroxylation sites is 1. The van der Waals surface area contributed by atoms with Crippen LogP contribution in [0.5, 0.6) is 5.75 Å². The van der Waals surface area contributed by atoms with E-state index >= 15 is 0 Å². The number of likely N-dealkylation sites (tertiary alicyclic amines) is 1. The Labute approximate surface area is 115 Å². The fraction of sp³-hybridized carbons (Fsp3) is 0.625. The van der Waals surface area contributed by atoms with Crippen LogP contribution in [0, 0.1) is 0 Å². The van der Waals surface area contributed by atoms with E-state index in [1.807, 2.05) is 0 Å². The molecule has 1 aromatic carbocycles. The molecule has 1 fully saturated rings. The molecule has 0 aromatic heterocycles. The van der Waals surface area contributed by atoms with E-state index in [-0.39, 0.29) is 5.60 Å². The quantitative estimate of drug-likeness (QED) is 0.885. The van der Waals surface area contributed by atoms with Crippen LogP contribution in [0.15, 0.2) is 18.2 Å². The number of hydrogen-bond donors (Lipinski definition) is 1. The van der Waals surface area contributed by atoms with Gasteiger partial charge in [0, 0.05) is 19.6 Å². The van der Waals surface area contributed by atoms with Crippen LogP contribution in [0.2, 0.25) is 0 Å². The molecule has 2 aliphatic heterocycles. The van der Waals surface area contributed by atoms with Crippen molar-refractivity contribution in [2.24, 2.45) is 0 Å². The number of piperidine rings is 1. The van der Waals surface area contributed by atoms with Crippen LogP contribution in [-0.4, -0.2) is 37.2 Å². The highest BCUT2D eigenvalue weighted by molar-refractivity contribution is 5.63. The Morgan fingerprint density at radius 1 is 1.26 bits per heavy atom. The van der Waals surface area contributed by atoms with Gasteiger partial charge in [-0.1, -0.05) is 12.1 Å². The maximum atomic E-state index is 6.40. The summed E-state index contributed by atoms with van der Waals surface area (Å²) in [4.78, 5) is 2.38. The van der Waals surface area contributed by atoms with Gasteiger partial charge in [-0.05, 0) is 51.3 Å². The smallest absolute Gasteiger partial charge is 0.143 e. The number of nitrogens with one attached hydrogen (secondary N) is 1. The van der Waals surface area contributed by atoms with Crippen LogP contribution in [0.3, 0.4) is 0 Å². The highest BCUT2D eigenvalue weighted by Gasteiger charge is 2.31. The topological polar surface area (TPSA) is 24.5 Å². The maximum absolute atomic E-state index is 6.40. The van der Waals surface area contributed by atoms with E-state index in [0.29, 0.717) is 0 Å². The monoisotopic (exact) mass is 260 g/mol. The molecule has 1 aromatic rings. The highest BCUT2D eigenvalue weighted by Crippen LogP contribution is 2.36. The lowest BCUT2D eigenvalue weighted by atomic mass is 9.93. The summed E-state index contributed by atoms with van der Waals surface area (Å²) in [7, 11) is 2.19. The molecule has 2 aliphatic rings. The third-order valence-corrected chi connectivity index (χ3v) is 4.44. The first-order chi connectivity index (χ1) is 9.16. The summed E-state index contributed by atoms with van der Waals surface area (Å²) in [5.74, 6) is 1.05. The molecule has 0 saturated carbocycles. The van der Waals surface area contributed by atoms with Crippen molar-refractivity contribution in [1.29, 1.82) is 0 Å². The third-order valence-electron chi connectivity index (χ3n) is 4.44. The SMILES string of the molecule is CN1CCC(C)(Oc2cccc3c2NCCC3)CC1. The summed E-state index contributed by atoms with van der Waals surface area (Å²) in [6.45, 7) is 5.56. The Balaban J connectivity index is 1.79. The van der Waals surface area contributed by atoms with Crippen molar-refractivity contribution in [3.05, 3.63) is 23.8 Å². The Morgan fingerprint density at radius 3 is 2.84 bits per heavy atom. The number of hydrogen-bond acceptors (Lipinski definition) is 3. The summed E-state index contributed by atoms with van der Waals surface area (Å²) < 4.78 is 6.40. The fourth-order valence-electron chi connectivity index (χ4n) is 3.02. The van der Waals surface area contributed by atoms with E-state index in [4.69, 9.17) is 4.74 Å². The largest absolute Gasteiger partial charge is 0.485 e. The predicted octanol–water partition coefficient (Wildman–Crippen LogP) is 2.91. The van der Waals surface area contributed by atoms with Crippen LogP contribution in [0.4, 0.5) is 5.69 Å². The van der Waals surface area contributed by atoms with Crippen molar-refractivity contribution >= 4 is 5.69 Å². The van der Waals surface area contributed by atoms with Crippen molar-refractivity contribution in [2.45, 2.75) is 38.2 Å². The van der Waals surface area contributed by atoms with E-state index in [0.717, 1.165) is 38.2 Å². The molecule has 3 rings (SSSR count). The first kappa shape index (κ1) is 12.8. The van der Waals surface area contributed by atoms with Gasteiger partial charge in [0.05, 0.1) is 5.69 Å². The predicted molar refractivity (Wildman–Crippen MR) is 79.0 cm³/mol. The first-order valence-corrected chi connectivity index (χ1v) is 7.40. The molecule has 0 bridgehead atoms. The minimum absolute atomic E-state index is 0.0131.